The summed E-state index contributed by atoms with van der Waals surface area (Å²) in [6, 6.07) is 13.7. The van der Waals surface area contributed by atoms with Gasteiger partial charge in [0.05, 0.1) is 22.6 Å². The number of hydrogen-bond donors (Lipinski definition) is 2. The Morgan fingerprint density at radius 1 is 1.16 bits per heavy atom. The topological polar surface area (TPSA) is 111 Å². The van der Waals surface area contributed by atoms with Gasteiger partial charge >= 0.3 is 0 Å². The van der Waals surface area contributed by atoms with E-state index in [1.165, 1.54) is 48.8 Å². The fourth-order valence-electron chi connectivity index (χ4n) is 2.61. The standard InChI is InChI=1S/C21H16ClN3O5S/c1-30-18-8-7-14(22)12-16(18)23-20(26)17(24-21(27)19-6-3-9-31-19)11-13-4-2-5-15(10-13)25(28)29/h2-12H,1H3,(H,23,26)(H,24,27)/b17-11-. The molecule has 158 valence electrons. The molecule has 0 atom stereocenters. The van der Waals surface area contributed by atoms with Gasteiger partial charge in [0, 0.05) is 17.2 Å². The lowest BCUT2D eigenvalue weighted by atomic mass is 10.1. The zero-order valence-corrected chi connectivity index (χ0v) is 17.7. The number of nitrogens with zero attached hydrogens (tertiary/aromatic N) is 1. The fourth-order valence-corrected chi connectivity index (χ4v) is 3.40. The number of anilines is 1. The van der Waals surface area contributed by atoms with E-state index in [0.29, 0.717) is 26.9 Å². The maximum atomic E-state index is 13.0. The second-order valence-corrected chi connectivity index (χ2v) is 7.52. The first kappa shape index (κ1) is 22.0. The van der Waals surface area contributed by atoms with Crippen molar-refractivity contribution in [3.8, 4) is 5.75 Å². The fraction of sp³-hybridized carbons (Fsp3) is 0.0476. The van der Waals surface area contributed by atoms with Crippen LogP contribution in [-0.4, -0.2) is 23.8 Å². The van der Waals surface area contributed by atoms with Crippen molar-refractivity contribution in [1.82, 2.24) is 5.32 Å². The van der Waals surface area contributed by atoms with Crippen molar-refractivity contribution in [2.75, 3.05) is 12.4 Å². The van der Waals surface area contributed by atoms with E-state index in [4.69, 9.17) is 16.3 Å². The van der Waals surface area contributed by atoms with Crippen LogP contribution in [0.1, 0.15) is 15.2 Å². The molecule has 31 heavy (non-hydrogen) atoms. The molecule has 2 N–H and O–H groups in total. The van der Waals surface area contributed by atoms with Gasteiger partial charge in [-0.05, 0) is 41.3 Å². The summed E-state index contributed by atoms with van der Waals surface area (Å²) < 4.78 is 5.23. The summed E-state index contributed by atoms with van der Waals surface area (Å²) in [5.74, 6) is -0.770. The number of rotatable bonds is 7. The molecule has 0 bridgehead atoms. The van der Waals surface area contributed by atoms with E-state index < -0.39 is 16.7 Å². The third-order valence-electron chi connectivity index (χ3n) is 4.04. The molecule has 8 nitrogen and oxygen atoms in total. The molecule has 2 amide bonds. The van der Waals surface area contributed by atoms with E-state index >= 15 is 0 Å². The Morgan fingerprint density at radius 2 is 1.97 bits per heavy atom. The van der Waals surface area contributed by atoms with Crippen LogP contribution in [0.4, 0.5) is 11.4 Å². The Kier molecular flexibility index (Phi) is 7.01. The lowest BCUT2D eigenvalue weighted by Gasteiger charge is -2.13. The molecule has 1 heterocycles. The van der Waals surface area contributed by atoms with Crippen molar-refractivity contribution < 1.29 is 19.2 Å². The third-order valence-corrected chi connectivity index (χ3v) is 5.14. The minimum Gasteiger partial charge on any atom is -0.495 e. The average molecular weight is 458 g/mol. The Bertz CT molecular complexity index is 1160. The van der Waals surface area contributed by atoms with E-state index in [1.54, 1.807) is 35.7 Å². The number of nitrogens with one attached hydrogen (secondary N) is 2. The van der Waals surface area contributed by atoms with Gasteiger partial charge in [-0.15, -0.1) is 11.3 Å². The van der Waals surface area contributed by atoms with Crippen LogP contribution in [0.2, 0.25) is 5.02 Å². The predicted molar refractivity (Wildman–Crippen MR) is 119 cm³/mol. The van der Waals surface area contributed by atoms with Gasteiger partial charge in [0.1, 0.15) is 11.4 Å². The Balaban J connectivity index is 1.96. The molecule has 0 fully saturated rings. The maximum Gasteiger partial charge on any atom is 0.272 e. The monoisotopic (exact) mass is 457 g/mol. The number of benzene rings is 2. The number of thiophene rings is 1. The summed E-state index contributed by atoms with van der Waals surface area (Å²) >= 11 is 7.22. The molecule has 0 radical (unpaired) electrons. The molecule has 0 saturated carbocycles. The van der Waals surface area contributed by atoms with Crippen LogP contribution in [0, 0.1) is 10.1 Å². The van der Waals surface area contributed by atoms with E-state index in [9.17, 15) is 19.7 Å². The van der Waals surface area contributed by atoms with Crippen molar-refractivity contribution in [2.45, 2.75) is 0 Å². The van der Waals surface area contributed by atoms with Gasteiger partial charge in [0.15, 0.2) is 0 Å². The number of hydrogen-bond acceptors (Lipinski definition) is 6. The zero-order chi connectivity index (χ0) is 22.4. The molecule has 1 aromatic heterocycles. The van der Waals surface area contributed by atoms with Crippen molar-refractivity contribution in [3.05, 3.63) is 91.3 Å². The van der Waals surface area contributed by atoms with Crippen molar-refractivity contribution in [3.63, 3.8) is 0 Å². The Hall–Kier alpha value is -3.69. The summed E-state index contributed by atoms with van der Waals surface area (Å²) in [4.78, 5) is 36.5. The highest BCUT2D eigenvalue weighted by molar-refractivity contribution is 7.12. The van der Waals surface area contributed by atoms with Gasteiger partial charge in [-0.1, -0.05) is 29.8 Å². The maximum absolute atomic E-state index is 13.0. The molecule has 0 spiro atoms. The highest BCUT2D eigenvalue weighted by Crippen LogP contribution is 2.28. The second kappa shape index (κ2) is 9.88. The lowest BCUT2D eigenvalue weighted by molar-refractivity contribution is -0.384. The molecule has 0 aliphatic carbocycles. The average Bonchev–Trinajstić information content (AvgIpc) is 3.28. The minimum atomic E-state index is -0.656. The molecule has 0 aliphatic rings. The Labute approximate surface area is 186 Å². The number of methoxy groups -OCH3 is 1. The molecule has 3 aromatic rings. The van der Waals surface area contributed by atoms with Crippen LogP contribution in [0.15, 0.2) is 65.7 Å². The number of halogens is 1. The zero-order valence-electron chi connectivity index (χ0n) is 16.1. The predicted octanol–water partition coefficient (Wildman–Crippen LogP) is 4.73. The van der Waals surface area contributed by atoms with Gasteiger partial charge in [-0.3, -0.25) is 19.7 Å². The van der Waals surface area contributed by atoms with Crippen LogP contribution in [0.5, 0.6) is 5.75 Å². The van der Waals surface area contributed by atoms with Gasteiger partial charge < -0.3 is 15.4 Å². The number of carbonyl (C=O) groups excluding carboxylic acids is 2. The largest absolute Gasteiger partial charge is 0.495 e. The number of nitro benzene ring substituents is 1. The number of non-ortho nitro benzene ring substituents is 1. The summed E-state index contributed by atoms with van der Waals surface area (Å²) in [6.45, 7) is 0. The molecule has 0 unspecified atom stereocenters. The number of nitro groups is 1. The van der Waals surface area contributed by atoms with Gasteiger partial charge in [0.25, 0.3) is 17.5 Å². The highest BCUT2D eigenvalue weighted by atomic mass is 35.5. The summed E-state index contributed by atoms with van der Waals surface area (Å²) in [6.07, 6.45) is 1.35. The van der Waals surface area contributed by atoms with Crippen molar-refractivity contribution >= 4 is 52.2 Å². The molecule has 3 rings (SSSR count). The van der Waals surface area contributed by atoms with Crippen molar-refractivity contribution in [2.24, 2.45) is 0 Å². The Morgan fingerprint density at radius 3 is 2.65 bits per heavy atom. The lowest BCUT2D eigenvalue weighted by Crippen LogP contribution is -2.30. The van der Waals surface area contributed by atoms with E-state index in [1.807, 2.05) is 0 Å². The number of ether oxygens (including phenoxy) is 1. The van der Waals surface area contributed by atoms with Crippen LogP contribution in [0.25, 0.3) is 6.08 Å². The second-order valence-electron chi connectivity index (χ2n) is 6.14. The molecular formula is C21H16ClN3O5S. The van der Waals surface area contributed by atoms with E-state index in [-0.39, 0.29) is 11.4 Å². The first-order chi connectivity index (χ1) is 14.9. The number of carbonyl (C=O) groups is 2. The highest BCUT2D eigenvalue weighted by Gasteiger charge is 2.18. The van der Waals surface area contributed by atoms with Gasteiger partial charge in [0.2, 0.25) is 0 Å². The van der Waals surface area contributed by atoms with Crippen LogP contribution in [0.3, 0.4) is 0 Å². The third kappa shape index (κ3) is 5.68. The molecule has 0 saturated heterocycles. The van der Waals surface area contributed by atoms with Crippen LogP contribution in [-0.2, 0) is 4.79 Å². The van der Waals surface area contributed by atoms with Crippen LogP contribution < -0.4 is 15.4 Å². The first-order valence-corrected chi connectivity index (χ1v) is 10.1. The molecule has 0 aliphatic heterocycles. The van der Waals surface area contributed by atoms with E-state index in [0.717, 1.165) is 0 Å². The van der Waals surface area contributed by atoms with E-state index in [2.05, 4.69) is 10.6 Å². The first-order valence-electron chi connectivity index (χ1n) is 8.83. The molecular weight excluding hydrogens is 442 g/mol. The number of amides is 2. The SMILES string of the molecule is COc1ccc(Cl)cc1NC(=O)/C(=C/c1cccc([N+](=O)[O-])c1)NC(=O)c1cccs1. The summed E-state index contributed by atoms with van der Waals surface area (Å²) in [5, 5.41) is 18.4. The molecule has 10 heteroatoms. The smallest absolute Gasteiger partial charge is 0.272 e. The van der Waals surface area contributed by atoms with Gasteiger partial charge in [-0.2, -0.15) is 0 Å². The quantitative estimate of drug-likeness (QED) is 0.303. The summed E-state index contributed by atoms with van der Waals surface area (Å²) in [5.41, 5.74) is 0.412. The van der Waals surface area contributed by atoms with Gasteiger partial charge in [-0.25, -0.2) is 0 Å². The normalized spacial score (nSPS) is 11.0. The minimum absolute atomic E-state index is 0.110. The summed E-state index contributed by atoms with van der Waals surface area (Å²) in [7, 11) is 1.44. The molecule has 2 aromatic carbocycles. The van der Waals surface area contributed by atoms with Crippen LogP contribution >= 0.6 is 22.9 Å². The van der Waals surface area contributed by atoms with Crippen molar-refractivity contribution in [1.29, 1.82) is 0 Å².